The molecule has 0 spiro atoms. The Kier molecular flexibility index (Phi) is 29.5. The number of hydrogen-bond acceptors (Lipinski definition) is 3. The summed E-state index contributed by atoms with van der Waals surface area (Å²) in [6.07, 6.45) is 33.8. The van der Waals surface area contributed by atoms with Gasteiger partial charge >= 0.3 is 5.97 Å². The summed E-state index contributed by atoms with van der Waals surface area (Å²) >= 11 is 0. The van der Waals surface area contributed by atoms with Gasteiger partial charge in [-0.2, -0.15) is 0 Å². The number of carbonyl (C=O) groups excluding carboxylic acids is 1. The van der Waals surface area contributed by atoms with Crippen LogP contribution in [0.3, 0.4) is 0 Å². The second-order valence-corrected chi connectivity index (χ2v) is 10.2. The van der Waals surface area contributed by atoms with E-state index in [0.29, 0.717) is 13.0 Å². The molecule has 0 aliphatic carbocycles. The van der Waals surface area contributed by atoms with Crippen LogP contribution in [-0.2, 0) is 9.53 Å². The minimum absolute atomic E-state index is 0.0419. The van der Waals surface area contributed by atoms with Gasteiger partial charge in [0.15, 0.2) is 0 Å². The Hall–Kier alpha value is -0.830. The average molecular weight is 480 g/mol. The molecule has 0 amide bonds. The number of esters is 1. The van der Waals surface area contributed by atoms with Gasteiger partial charge in [-0.25, -0.2) is 0 Å². The topological polar surface area (TPSA) is 38.3 Å². The summed E-state index contributed by atoms with van der Waals surface area (Å²) in [5, 5.41) is 3.60. The maximum Gasteiger partial charge on any atom is 0.306 e. The highest BCUT2D eigenvalue weighted by Gasteiger charge is 2.01. The lowest BCUT2D eigenvalue weighted by Gasteiger charge is -2.06. The van der Waals surface area contributed by atoms with Crippen LogP contribution in [0.25, 0.3) is 0 Å². The molecule has 0 aromatic heterocycles. The first-order chi connectivity index (χ1) is 16.8. The number of ether oxygens (including phenoxy) is 1. The molecule has 202 valence electrons. The average Bonchev–Trinajstić information content (AvgIpc) is 2.84. The van der Waals surface area contributed by atoms with E-state index in [1.54, 1.807) is 0 Å². The van der Waals surface area contributed by atoms with E-state index in [4.69, 9.17) is 4.74 Å². The van der Waals surface area contributed by atoms with Crippen LogP contribution >= 0.6 is 0 Å². The predicted molar refractivity (Wildman–Crippen MR) is 151 cm³/mol. The van der Waals surface area contributed by atoms with Gasteiger partial charge in [-0.3, -0.25) is 4.79 Å². The van der Waals surface area contributed by atoms with Crippen LogP contribution in [0.5, 0.6) is 0 Å². The van der Waals surface area contributed by atoms with Crippen molar-refractivity contribution in [2.75, 3.05) is 19.7 Å². The lowest BCUT2D eigenvalue weighted by atomic mass is 10.1. The molecule has 0 unspecified atom stereocenters. The zero-order valence-corrected chi connectivity index (χ0v) is 23.4. The summed E-state index contributed by atoms with van der Waals surface area (Å²) in [6, 6.07) is 0. The molecular formula is C31H61NO2. The standard InChI is InChI=1S/C31H61NO2/c1-3-5-7-9-11-12-13-14-15-16-20-24-28-32-29-25-21-18-19-23-27-31(33)34-30-26-22-17-10-8-6-4-2/h22,26,32H,3-21,23-25,27-30H2,1-2H3/b26-22-. The molecule has 0 bridgehead atoms. The summed E-state index contributed by atoms with van der Waals surface area (Å²) in [7, 11) is 0. The highest BCUT2D eigenvalue weighted by atomic mass is 16.5. The minimum Gasteiger partial charge on any atom is -0.461 e. The second kappa shape index (κ2) is 30.2. The van der Waals surface area contributed by atoms with E-state index in [0.717, 1.165) is 25.8 Å². The van der Waals surface area contributed by atoms with Crippen LogP contribution in [0.15, 0.2) is 12.2 Å². The Labute approximate surface area is 214 Å². The third-order valence-electron chi connectivity index (χ3n) is 6.67. The van der Waals surface area contributed by atoms with Crippen molar-refractivity contribution in [3.05, 3.63) is 12.2 Å². The molecule has 0 heterocycles. The van der Waals surface area contributed by atoms with Crippen LogP contribution in [0, 0.1) is 0 Å². The van der Waals surface area contributed by atoms with Crippen molar-refractivity contribution in [3.8, 4) is 0 Å². The number of rotatable bonds is 28. The van der Waals surface area contributed by atoms with Crippen molar-refractivity contribution >= 4 is 5.97 Å². The molecule has 0 atom stereocenters. The van der Waals surface area contributed by atoms with Gasteiger partial charge in [-0.15, -0.1) is 0 Å². The summed E-state index contributed by atoms with van der Waals surface area (Å²) in [5.41, 5.74) is 0. The highest BCUT2D eigenvalue weighted by Crippen LogP contribution is 2.12. The lowest BCUT2D eigenvalue weighted by Crippen LogP contribution is -2.16. The number of nitrogens with one attached hydrogen (secondary N) is 1. The maximum atomic E-state index is 11.7. The molecule has 0 aromatic rings. The first-order valence-electron chi connectivity index (χ1n) is 15.3. The summed E-state index contributed by atoms with van der Waals surface area (Å²) in [5.74, 6) is -0.0419. The molecule has 0 radical (unpaired) electrons. The van der Waals surface area contributed by atoms with Crippen LogP contribution in [-0.4, -0.2) is 25.7 Å². The van der Waals surface area contributed by atoms with Crippen molar-refractivity contribution in [2.45, 2.75) is 162 Å². The van der Waals surface area contributed by atoms with E-state index in [1.807, 2.05) is 6.08 Å². The van der Waals surface area contributed by atoms with E-state index in [1.165, 1.54) is 129 Å². The van der Waals surface area contributed by atoms with Crippen LogP contribution in [0.4, 0.5) is 0 Å². The molecule has 0 saturated carbocycles. The van der Waals surface area contributed by atoms with Crippen LogP contribution in [0.2, 0.25) is 0 Å². The fourth-order valence-corrected chi connectivity index (χ4v) is 4.35. The van der Waals surface area contributed by atoms with Gasteiger partial charge in [0.25, 0.3) is 0 Å². The third-order valence-corrected chi connectivity index (χ3v) is 6.67. The molecule has 0 saturated heterocycles. The number of hydrogen-bond donors (Lipinski definition) is 1. The number of carbonyl (C=O) groups is 1. The van der Waals surface area contributed by atoms with E-state index in [9.17, 15) is 4.79 Å². The minimum atomic E-state index is -0.0419. The molecule has 3 nitrogen and oxygen atoms in total. The van der Waals surface area contributed by atoms with Crippen molar-refractivity contribution in [3.63, 3.8) is 0 Å². The molecule has 0 aromatic carbocycles. The third kappa shape index (κ3) is 29.2. The van der Waals surface area contributed by atoms with Gasteiger partial charge in [-0.05, 0) is 45.2 Å². The molecule has 0 fully saturated rings. The number of allylic oxidation sites excluding steroid dienone is 1. The summed E-state index contributed by atoms with van der Waals surface area (Å²) in [6.45, 7) is 7.28. The molecular weight excluding hydrogens is 418 g/mol. The van der Waals surface area contributed by atoms with Gasteiger partial charge < -0.3 is 10.1 Å². The largest absolute Gasteiger partial charge is 0.461 e. The first-order valence-corrected chi connectivity index (χ1v) is 15.3. The number of unbranched alkanes of at least 4 members (excludes halogenated alkanes) is 19. The molecule has 0 aliphatic rings. The first kappa shape index (κ1) is 33.2. The van der Waals surface area contributed by atoms with Gasteiger partial charge in [0, 0.05) is 6.42 Å². The van der Waals surface area contributed by atoms with Crippen molar-refractivity contribution in [1.29, 1.82) is 0 Å². The van der Waals surface area contributed by atoms with E-state index >= 15 is 0 Å². The molecule has 0 aliphatic heterocycles. The molecule has 1 N–H and O–H groups in total. The Morgan fingerprint density at radius 2 is 1.00 bits per heavy atom. The van der Waals surface area contributed by atoms with E-state index in [2.05, 4.69) is 25.2 Å². The Morgan fingerprint density at radius 1 is 0.559 bits per heavy atom. The fourth-order valence-electron chi connectivity index (χ4n) is 4.35. The lowest BCUT2D eigenvalue weighted by molar-refractivity contribution is -0.142. The molecule has 0 rings (SSSR count). The maximum absolute atomic E-state index is 11.7. The normalized spacial score (nSPS) is 11.5. The van der Waals surface area contributed by atoms with E-state index < -0.39 is 0 Å². The van der Waals surface area contributed by atoms with Gasteiger partial charge in [-0.1, -0.05) is 135 Å². The van der Waals surface area contributed by atoms with Crippen molar-refractivity contribution in [1.82, 2.24) is 5.32 Å². The fraction of sp³-hybridized carbons (Fsp3) is 0.903. The zero-order valence-electron chi connectivity index (χ0n) is 23.4. The molecule has 3 heteroatoms. The molecule has 34 heavy (non-hydrogen) atoms. The van der Waals surface area contributed by atoms with Gasteiger partial charge in [0.05, 0.1) is 0 Å². The van der Waals surface area contributed by atoms with Crippen LogP contribution < -0.4 is 5.32 Å². The van der Waals surface area contributed by atoms with E-state index in [-0.39, 0.29) is 5.97 Å². The summed E-state index contributed by atoms with van der Waals surface area (Å²) in [4.78, 5) is 11.7. The van der Waals surface area contributed by atoms with Gasteiger partial charge in [0.1, 0.15) is 6.61 Å². The van der Waals surface area contributed by atoms with Crippen LogP contribution in [0.1, 0.15) is 162 Å². The second-order valence-electron chi connectivity index (χ2n) is 10.2. The smallest absolute Gasteiger partial charge is 0.306 e. The van der Waals surface area contributed by atoms with Crippen molar-refractivity contribution in [2.24, 2.45) is 0 Å². The quantitative estimate of drug-likeness (QED) is 0.0689. The Bertz CT molecular complexity index is 422. The SMILES string of the molecule is CCCCCC/C=C\COC(=O)CCCCCCCNCCCCCCCCCCCCCC. The zero-order chi connectivity index (χ0) is 24.8. The van der Waals surface area contributed by atoms with Crippen molar-refractivity contribution < 1.29 is 9.53 Å². The Balaban J connectivity index is 3.15. The Morgan fingerprint density at radius 3 is 1.53 bits per heavy atom. The predicted octanol–water partition coefficient (Wildman–Crippen LogP) is 9.69. The van der Waals surface area contributed by atoms with Gasteiger partial charge in [0.2, 0.25) is 0 Å². The summed E-state index contributed by atoms with van der Waals surface area (Å²) < 4.78 is 5.27. The highest BCUT2D eigenvalue weighted by molar-refractivity contribution is 5.69. The monoisotopic (exact) mass is 479 g/mol.